The Balaban J connectivity index is 1.88. The van der Waals surface area contributed by atoms with Crippen molar-refractivity contribution in [3.05, 3.63) is 85.7 Å². The molecule has 1 aliphatic rings. The van der Waals surface area contributed by atoms with Gasteiger partial charge in [0.05, 0.1) is 12.7 Å². The van der Waals surface area contributed by atoms with Gasteiger partial charge in [-0.15, -0.1) is 11.3 Å². The van der Waals surface area contributed by atoms with Gasteiger partial charge in [-0.05, 0) is 69.2 Å². The highest BCUT2D eigenvalue weighted by molar-refractivity contribution is 9.09. The van der Waals surface area contributed by atoms with Crippen molar-refractivity contribution in [2.45, 2.75) is 65.1 Å². The van der Waals surface area contributed by atoms with E-state index >= 15 is 0 Å². The van der Waals surface area contributed by atoms with Crippen molar-refractivity contribution in [2.75, 3.05) is 29.9 Å². The number of thiophene rings is 1. The second-order valence-corrected chi connectivity index (χ2v) is 12.7. The maximum absolute atomic E-state index is 10.1. The number of halogens is 1. The molecule has 1 unspecified atom stereocenters. The van der Waals surface area contributed by atoms with E-state index in [0.29, 0.717) is 10.9 Å². The summed E-state index contributed by atoms with van der Waals surface area (Å²) in [5.74, 6) is 0.768. The van der Waals surface area contributed by atoms with Gasteiger partial charge in [0.25, 0.3) is 0 Å². The summed E-state index contributed by atoms with van der Waals surface area (Å²) in [5, 5.41) is 29.2. The zero-order chi connectivity index (χ0) is 32.1. The van der Waals surface area contributed by atoms with Gasteiger partial charge >= 0.3 is 0 Å². The van der Waals surface area contributed by atoms with Crippen LogP contribution in [0.3, 0.4) is 0 Å². The average Bonchev–Trinajstić information content (AvgIpc) is 3.58. The predicted molar refractivity (Wildman–Crippen MR) is 183 cm³/mol. The number of unbranched alkanes of at least 4 members (excludes halogenated alkanes) is 2. The number of benzene rings is 1. The number of aliphatic hydroxyl groups excluding tert-OH is 1. The predicted octanol–water partition coefficient (Wildman–Crippen LogP) is 8.76. The normalized spacial score (nSPS) is 14.8. The molecule has 0 spiro atoms. The van der Waals surface area contributed by atoms with Crippen LogP contribution in [0.2, 0.25) is 0 Å². The van der Waals surface area contributed by atoms with Gasteiger partial charge in [0.15, 0.2) is 11.3 Å². The Morgan fingerprint density at radius 3 is 2.30 bits per heavy atom. The second-order valence-electron chi connectivity index (χ2n) is 10.9. The smallest absolute Gasteiger partial charge is 0.237 e. The van der Waals surface area contributed by atoms with Crippen LogP contribution in [-0.4, -0.2) is 41.8 Å². The molecule has 9 heteroatoms. The third-order valence-electron chi connectivity index (χ3n) is 7.06. The van der Waals surface area contributed by atoms with Crippen LogP contribution in [0.4, 0.5) is 5.69 Å². The average molecular weight is 676 g/mol. The van der Waals surface area contributed by atoms with Gasteiger partial charge < -0.3 is 19.5 Å². The monoisotopic (exact) mass is 674 g/mol. The van der Waals surface area contributed by atoms with E-state index in [-0.39, 0.29) is 23.6 Å². The first-order valence-electron chi connectivity index (χ1n) is 14.8. The van der Waals surface area contributed by atoms with Crippen LogP contribution in [0.1, 0.15) is 68.7 Å². The molecule has 0 amide bonds. The molecule has 0 saturated carbocycles. The summed E-state index contributed by atoms with van der Waals surface area (Å²) in [7, 11) is 0. The minimum atomic E-state index is -0.849. The van der Waals surface area contributed by atoms with Gasteiger partial charge in [-0.3, -0.25) is 0 Å². The van der Waals surface area contributed by atoms with Crippen LogP contribution >= 0.6 is 27.3 Å². The lowest BCUT2D eigenvalue weighted by atomic mass is 9.97. The number of anilines is 1. The van der Waals surface area contributed by atoms with E-state index in [1.54, 1.807) is 11.3 Å². The molecular weight excluding hydrogens is 636 g/mol. The first-order chi connectivity index (χ1) is 21.2. The number of rotatable bonds is 15. The Kier molecular flexibility index (Phi) is 13.3. The Bertz CT molecular complexity index is 1520. The van der Waals surface area contributed by atoms with E-state index in [1.165, 1.54) is 0 Å². The fourth-order valence-electron chi connectivity index (χ4n) is 4.62. The molecule has 1 aromatic heterocycles. The summed E-state index contributed by atoms with van der Waals surface area (Å²) < 4.78 is 12.0. The summed E-state index contributed by atoms with van der Waals surface area (Å²) in [4.78, 5) is 8.01. The lowest BCUT2D eigenvalue weighted by molar-refractivity contribution is 0.0954. The van der Waals surface area contributed by atoms with Crippen LogP contribution in [0, 0.1) is 29.2 Å². The van der Waals surface area contributed by atoms with Crippen LogP contribution in [0.15, 0.2) is 59.0 Å². The lowest BCUT2D eigenvalue weighted by Gasteiger charge is -2.26. The van der Waals surface area contributed by atoms with E-state index < -0.39 is 11.7 Å². The molecule has 1 N–H and O–H groups in total. The number of aliphatic hydroxyl groups is 1. The summed E-state index contributed by atoms with van der Waals surface area (Å²) >= 11 is 4.91. The minimum Gasteiger partial charge on any atom is -0.493 e. The maximum atomic E-state index is 10.1. The zero-order valence-electron chi connectivity index (χ0n) is 25.8. The molecular formula is C35H39BrN4O3S. The van der Waals surface area contributed by atoms with Crippen molar-refractivity contribution in [3.8, 4) is 17.9 Å². The highest BCUT2D eigenvalue weighted by atomic mass is 79.9. The highest BCUT2D eigenvalue weighted by Gasteiger charge is 2.38. The number of allylic oxidation sites excluding steroid dienone is 1. The molecule has 0 bridgehead atoms. The van der Waals surface area contributed by atoms with Crippen LogP contribution in [0.25, 0.3) is 23.1 Å². The summed E-state index contributed by atoms with van der Waals surface area (Å²) in [6.07, 6.45) is 11.7. The molecule has 0 saturated heterocycles. The molecule has 2 heterocycles. The Hall–Kier alpha value is -3.81. The number of ether oxygens (including phenoxy) is 2. The standard InChI is InChI=1S/C35H39BrN4O3S/c1-6-8-18-40(19-9-7-2)27-12-10-25(32(20-27)42-24-28(41)21-36)11-13-29-14-15-30(44-29)16-17-31-33(39-5)34(26(22-37)23-38)43-35(31,3)4/h10-17,20,28,41H,6-9,18-19,21,24H2,1-4H3/b13-11+,17-16+. The quantitative estimate of drug-likeness (QED) is 0.115. The minimum absolute atomic E-state index is 0.0380. The highest BCUT2D eigenvalue weighted by Crippen LogP contribution is 2.41. The van der Waals surface area contributed by atoms with Crippen molar-refractivity contribution in [2.24, 2.45) is 0 Å². The van der Waals surface area contributed by atoms with Gasteiger partial charge in [0.2, 0.25) is 5.70 Å². The van der Waals surface area contributed by atoms with Gasteiger partial charge in [-0.2, -0.15) is 10.5 Å². The maximum Gasteiger partial charge on any atom is 0.237 e. The number of alkyl halides is 1. The molecule has 1 aromatic carbocycles. The number of hydrogen-bond donors (Lipinski definition) is 1. The third-order valence-corrected chi connectivity index (χ3v) is 8.83. The summed E-state index contributed by atoms with van der Waals surface area (Å²) in [6, 6.07) is 14.0. The van der Waals surface area contributed by atoms with E-state index in [1.807, 2.05) is 62.4 Å². The number of nitrogens with zero attached hydrogens (tertiary/aromatic N) is 4. The van der Waals surface area contributed by atoms with E-state index in [0.717, 1.165) is 65.5 Å². The Morgan fingerprint density at radius 2 is 1.73 bits per heavy atom. The SMILES string of the molecule is [C-]#[N+]C1=C(/C=C/c2ccc(/C=C/c3ccc(N(CCCC)CCCC)cc3OCC(O)CBr)s2)C(C)(C)OC1=C(C#N)C#N. The first-order valence-corrected chi connectivity index (χ1v) is 16.7. The molecule has 1 aliphatic heterocycles. The fourth-order valence-corrected chi connectivity index (χ4v) is 5.62. The summed E-state index contributed by atoms with van der Waals surface area (Å²) in [6.45, 7) is 17.9. The second kappa shape index (κ2) is 16.9. The number of nitriles is 2. The largest absolute Gasteiger partial charge is 0.493 e. The van der Waals surface area contributed by atoms with Crippen LogP contribution in [-0.2, 0) is 4.74 Å². The fraction of sp³-hybridized carbons (Fsp3) is 0.400. The van der Waals surface area contributed by atoms with Crippen LogP contribution in [0.5, 0.6) is 5.75 Å². The van der Waals surface area contributed by atoms with Gasteiger partial charge in [-0.1, -0.05) is 48.7 Å². The molecule has 0 radical (unpaired) electrons. The Morgan fingerprint density at radius 1 is 1.09 bits per heavy atom. The topological polar surface area (TPSA) is 93.9 Å². The molecule has 230 valence electrons. The van der Waals surface area contributed by atoms with Crippen molar-refractivity contribution >= 4 is 51.2 Å². The van der Waals surface area contributed by atoms with Gasteiger partial charge in [0.1, 0.15) is 30.1 Å². The molecule has 2 aromatic rings. The zero-order valence-corrected chi connectivity index (χ0v) is 28.2. The molecule has 7 nitrogen and oxygen atoms in total. The molecule has 3 rings (SSSR count). The van der Waals surface area contributed by atoms with E-state index in [2.05, 4.69) is 57.7 Å². The van der Waals surface area contributed by atoms with E-state index in [9.17, 15) is 15.6 Å². The molecule has 0 fully saturated rings. The van der Waals surface area contributed by atoms with Gasteiger partial charge in [0, 0.05) is 51.1 Å². The summed E-state index contributed by atoms with van der Waals surface area (Å²) in [5.41, 5.74) is 1.80. The third kappa shape index (κ3) is 9.10. The Labute approximate surface area is 274 Å². The number of hydrogen-bond acceptors (Lipinski definition) is 7. The lowest BCUT2D eigenvalue weighted by Crippen LogP contribution is -2.25. The molecule has 0 aliphatic carbocycles. The van der Waals surface area contributed by atoms with Crippen LogP contribution < -0.4 is 9.64 Å². The first kappa shape index (κ1) is 34.7. The van der Waals surface area contributed by atoms with Crippen molar-refractivity contribution < 1.29 is 14.6 Å². The van der Waals surface area contributed by atoms with Gasteiger partial charge in [-0.25, -0.2) is 4.85 Å². The van der Waals surface area contributed by atoms with Crippen molar-refractivity contribution in [3.63, 3.8) is 0 Å². The molecule has 1 atom stereocenters. The van der Waals surface area contributed by atoms with Crippen molar-refractivity contribution in [1.29, 1.82) is 10.5 Å². The van der Waals surface area contributed by atoms with E-state index in [4.69, 9.17) is 16.0 Å². The molecule has 44 heavy (non-hydrogen) atoms. The van der Waals surface area contributed by atoms with Crippen molar-refractivity contribution in [1.82, 2.24) is 0 Å².